The number of benzene rings is 2. The summed E-state index contributed by atoms with van der Waals surface area (Å²) in [5.41, 5.74) is -0.289. The molecule has 2 heterocycles. The molecule has 1 N–H and O–H groups in total. The molecule has 0 saturated heterocycles. The summed E-state index contributed by atoms with van der Waals surface area (Å²) >= 11 is 1.37. The van der Waals surface area contributed by atoms with Gasteiger partial charge in [0.15, 0.2) is 6.10 Å². The average molecular weight is 491 g/mol. The molecule has 1 unspecified atom stereocenters. The molecular formula is C26H25F3O4S. The van der Waals surface area contributed by atoms with Crippen LogP contribution in [0.1, 0.15) is 50.0 Å². The molecule has 1 atom stereocenters. The molecular weight excluding hydrogens is 465 g/mol. The number of alkyl halides is 3. The van der Waals surface area contributed by atoms with Crippen LogP contribution in [0.3, 0.4) is 0 Å². The molecule has 8 heteroatoms. The molecule has 34 heavy (non-hydrogen) atoms. The van der Waals surface area contributed by atoms with Crippen molar-refractivity contribution in [1.29, 1.82) is 0 Å². The Hall–Kier alpha value is -2.84. The van der Waals surface area contributed by atoms with Crippen LogP contribution in [-0.4, -0.2) is 23.3 Å². The van der Waals surface area contributed by atoms with Gasteiger partial charge in [0.1, 0.15) is 5.75 Å². The van der Waals surface area contributed by atoms with Gasteiger partial charge in [0.2, 0.25) is 0 Å². The maximum Gasteiger partial charge on any atom is 0.416 e. The summed E-state index contributed by atoms with van der Waals surface area (Å²) in [5.74, 6) is -0.784. The van der Waals surface area contributed by atoms with Gasteiger partial charge in [0.25, 0.3) is 0 Å². The highest BCUT2D eigenvalue weighted by molar-refractivity contribution is 7.13. The largest absolute Gasteiger partial charge is 0.493 e. The predicted octanol–water partition coefficient (Wildman–Crippen LogP) is 7.37. The van der Waals surface area contributed by atoms with Crippen molar-refractivity contribution in [1.82, 2.24) is 0 Å². The Kier molecular flexibility index (Phi) is 6.48. The number of hydrogen-bond acceptors (Lipinski definition) is 4. The van der Waals surface area contributed by atoms with Gasteiger partial charge in [-0.15, -0.1) is 11.3 Å². The van der Waals surface area contributed by atoms with E-state index in [2.05, 4.69) is 0 Å². The highest BCUT2D eigenvalue weighted by Gasteiger charge is 2.41. The van der Waals surface area contributed by atoms with Crippen LogP contribution in [0.25, 0.3) is 21.6 Å². The summed E-state index contributed by atoms with van der Waals surface area (Å²) in [7, 11) is 0. The van der Waals surface area contributed by atoms with Crippen LogP contribution in [0.4, 0.5) is 13.2 Å². The van der Waals surface area contributed by atoms with E-state index in [1.54, 1.807) is 39.0 Å². The van der Waals surface area contributed by atoms with Crippen LogP contribution < -0.4 is 4.74 Å². The highest BCUT2D eigenvalue weighted by Crippen LogP contribution is 2.47. The Morgan fingerprint density at radius 3 is 2.53 bits per heavy atom. The Balaban J connectivity index is 2.08. The van der Waals surface area contributed by atoms with Crippen molar-refractivity contribution in [3.05, 3.63) is 64.5 Å². The third kappa shape index (κ3) is 4.98. The molecule has 180 valence electrons. The quantitative estimate of drug-likeness (QED) is 0.406. The van der Waals surface area contributed by atoms with E-state index in [0.29, 0.717) is 23.5 Å². The third-order valence-corrected chi connectivity index (χ3v) is 6.40. The van der Waals surface area contributed by atoms with Gasteiger partial charge in [-0.1, -0.05) is 18.2 Å². The first-order valence-corrected chi connectivity index (χ1v) is 11.8. The number of hydrogen-bond donors (Lipinski definition) is 1. The SMILES string of the molecule is CC(C)(C)OC(C(=O)O)c1c(C(F)(F)F)ccc(-c2cccs2)c1-c1ccc2c(c1)CCCO2. The minimum absolute atomic E-state index is 0.210. The molecule has 1 aromatic heterocycles. The van der Waals surface area contributed by atoms with Crippen LogP contribution in [0, 0.1) is 0 Å². The van der Waals surface area contributed by atoms with Crippen LogP contribution in [0.5, 0.6) is 5.75 Å². The van der Waals surface area contributed by atoms with E-state index in [9.17, 15) is 23.1 Å². The molecule has 1 aliphatic heterocycles. The smallest absolute Gasteiger partial charge is 0.416 e. The van der Waals surface area contributed by atoms with Crippen molar-refractivity contribution in [2.45, 2.75) is 51.5 Å². The Morgan fingerprint density at radius 1 is 1.15 bits per heavy atom. The number of ether oxygens (including phenoxy) is 2. The van der Waals surface area contributed by atoms with E-state index in [0.717, 1.165) is 29.3 Å². The van der Waals surface area contributed by atoms with Gasteiger partial charge in [-0.25, -0.2) is 4.79 Å². The monoisotopic (exact) mass is 490 g/mol. The minimum Gasteiger partial charge on any atom is -0.493 e. The lowest BCUT2D eigenvalue weighted by molar-refractivity contribution is -0.163. The maximum absolute atomic E-state index is 14.3. The van der Waals surface area contributed by atoms with Crippen molar-refractivity contribution in [3.8, 4) is 27.3 Å². The first kappa shape index (κ1) is 24.3. The number of aliphatic carboxylic acids is 1. The molecule has 0 bridgehead atoms. The molecule has 0 saturated carbocycles. The molecule has 3 aromatic rings. The first-order chi connectivity index (χ1) is 16.0. The number of carboxylic acids is 1. The van der Waals surface area contributed by atoms with Gasteiger partial charge in [-0.2, -0.15) is 13.2 Å². The lowest BCUT2D eigenvalue weighted by Gasteiger charge is -2.30. The molecule has 0 radical (unpaired) electrons. The third-order valence-electron chi connectivity index (χ3n) is 5.49. The standard InChI is InChI=1S/C26H25F3O4S/c1-25(2,3)33-23(24(30)31)22-18(26(27,28)29)10-9-17(20-7-5-13-34-20)21(22)16-8-11-19-15(14-16)6-4-12-32-19/h5,7-11,13-14,23H,4,6,12H2,1-3H3,(H,30,31). The van der Waals surface area contributed by atoms with Crippen LogP contribution in [0.2, 0.25) is 0 Å². The number of carbonyl (C=O) groups is 1. The van der Waals surface area contributed by atoms with Crippen molar-refractivity contribution in [3.63, 3.8) is 0 Å². The summed E-state index contributed by atoms with van der Waals surface area (Å²) in [6.45, 7) is 5.45. The number of thiophene rings is 1. The van der Waals surface area contributed by atoms with Gasteiger partial charge >= 0.3 is 12.1 Å². The Morgan fingerprint density at radius 2 is 1.91 bits per heavy atom. The minimum atomic E-state index is -4.77. The fourth-order valence-corrected chi connectivity index (χ4v) is 4.95. The van der Waals surface area contributed by atoms with Gasteiger partial charge < -0.3 is 14.6 Å². The van der Waals surface area contributed by atoms with Crippen LogP contribution in [0.15, 0.2) is 47.8 Å². The Labute approximate surface area is 200 Å². The molecule has 0 amide bonds. The zero-order chi connectivity index (χ0) is 24.7. The van der Waals surface area contributed by atoms with Crippen molar-refractivity contribution < 1.29 is 32.5 Å². The van der Waals surface area contributed by atoms with Gasteiger partial charge in [-0.3, -0.25) is 0 Å². The second-order valence-electron chi connectivity index (χ2n) is 9.15. The fourth-order valence-electron chi connectivity index (χ4n) is 4.19. The van der Waals surface area contributed by atoms with Crippen LogP contribution >= 0.6 is 11.3 Å². The zero-order valence-electron chi connectivity index (χ0n) is 19.0. The topological polar surface area (TPSA) is 55.8 Å². The average Bonchev–Trinajstić information content (AvgIpc) is 3.29. The number of halogens is 3. The van der Waals surface area contributed by atoms with E-state index in [-0.39, 0.29) is 5.56 Å². The zero-order valence-corrected chi connectivity index (χ0v) is 19.8. The molecule has 0 spiro atoms. The van der Waals surface area contributed by atoms with E-state index >= 15 is 0 Å². The van der Waals surface area contributed by atoms with E-state index in [1.807, 2.05) is 17.5 Å². The fraction of sp³-hybridized carbons (Fsp3) is 0.346. The van der Waals surface area contributed by atoms with E-state index in [1.165, 1.54) is 17.4 Å². The number of carboxylic acid groups (broad SMARTS) is 1. The molecule has 0 aliphatic carbocycles. The molecule has 4 nitrogen and oxygen atoms in total. The first-order valence-electron chi connectivity index (χ1n) is 10.9. The summed E-state index contributed by atoms with van der Waals surface area (Å²) in [6, 6.07) is 11.2. The molecule has 1 aliphatic rings. The van der Waals surface area contributed by atoms with Gasteiger partial charge in [-0.05, 0) is 85.5 Å². The normalized spacial score (nSPS) is 14.9. The maximum atomic E-state index is 14.3. The summed E-state index contributed by atoms with van der Waals surface area (Å²) in [6.07, 6.45) is -5.07. The van der Waals surface area contributed by atoms with E-state index < -0.39 is 35.0 Å². The number of aryl methyl sites for hydroxylation is 1. The molecule has 4 rings (SSSR count). The van der Waals surface area contributed by atoms with Crippen molar-refractivity contribution in [2.24, 2.45) is 0 Å². The second kappa shape index (κ2) is 9.07. The van der Waals surface area contributed by atoms with Crippen molar-refractivity contribution in [2.75, 3.05) is 6.61 Å². The predicted molar refractivity (Wildman–Crippen MR) is 125 cm³/mol. The van der Waals surface area contributed by atoms with E-state index in [4.69, 9.17) is 9.47 Å². The highest BCUT2D eigenvalue weighted by atomic mass is 32.1. The number of fused-ring (bicyclic) bond motifs is 1. The van der Waals surface area contributed by atoms with Crippen LogP contribution in [-0.2, 0) is 22.1 Å². The van der Waals surface area contributed by atoms with Gasteiger partial charge in [0, 0.05) is 10.4 Å². The number of rotatable bonds is 5. The van der Waals surface area contributed by atoms with Gasteiger partial charge in [0.05, 0.1) is 17.8 Å². The summed E-state index contributed by atoms with van der Waals surface area (Å²) in [4.78, 5) is 13.1. The molecule has 2 aromatic carbocycles. The Bertz CT molecular complexity index is 1190. The lowest BCUT2D eigenvalue weighted by Crippen LogP contribution is -2.29. The second-order valence-corrected chi connectivity index (χ2v) is 10.1. The lowest BCUT2D eigenvalue weighted by atomic mass is 9.85. The summed E-state index contributed by atoms with van der Waals surface area (Å²) < 4.78 is 54.3. The molecule has 0 fully saturated rings. The van der Waals surface area contributed by atoms with Crippen molar-refractivity contribution >= 4 is 17.3 Å². The summed E-state index contributed by atoms with van der Waals surface area (Å²) in [5, 5.41) is 11.9.